The Labute approximate surface area is 205 Å². The number of likely N-dealkylation sites (tertiary alicyclic amines) is 1. The van der Waals surface area contributed by atoms with Crippen molar-refractivity contribution in [1.82, 2.24) is 9.88 Å². The molecule has 1 aliphatic heterocycles. The third-order valence-corrected chi connectivity index (χ3v) is 8.72. The second-order valence-electron chi connectivity index (χ2n) is 8.53. The largest absolute Gasteiger partial charge is 0.495 e. The van der Waals surface area contributed by atoms with Crippen molar-refractivity contribution in [1.29, 1.82) is 0 Å². The van der Waals surface area contributed by atoms with Gasteiger partial charge in [0.2, 0.25) is 0 Å². The predicted octanol–water partition coefficient (Wildman–Crippen LogP) is 6.36. The molecule has 0 aliphatic carbocycles. The fourth-order valence-electron chi connectivity index (χ4n) is 4.64. The third-order valence-electron chi connectivity index (χ3n) is 6.42. The van der Waals surface area contributed by atoms with E-state index in [9.17, 15) is 8.42 Å². The van der Waals surface area contributed by atoms with Gasteiger partial charge in [0.25, 0.3) is 0 Å². The highest BCUT2D eigenvalue weighted by molar-refractivity contribution is 9.10. The number of ether oxygens (including phenoxy) is 1. The molecule has 1 aromatic heterocycles. The van der Waals surface area contributed by atoms with Gasteiger partial charge < -0.3 is 9.72 Å². The number of hydrogen-bond donors (Lipinski definition) is 1. The molecule has 0 unspecified atom stereocenters. The van der Waals surface area contributed by atoms with E-state index in [2.05, 4.69) is 62.2 Å². The van der Waals surface area contributed by atoms with Crippen molar-refractivity contribution in [2.45, 2.75) is 50.1 Å². The summed E-state index contributed by atoms with van der Waals surface area (Å²) >= 11 is 3.49. The van der Waals surface area contributed by atoms with E-state index in [-0.39, 0.29) is 5.75 Å². The lowest BCUT2D eigenvalue weighted by Gasteiger charge is -2.30. The van der Waals surface area contributed by atoms with Crippen molar-refractivity contribution in [3.8, 4) is 17.0 Å². The molecule has 1 atom stereocenters. The number of sulfone groups is 1. The minimum Gasteiger partial charge on any atom is -0.495 e. The Hall–Kier alpha value is -2.09. The molecule has 0 spiro atoms. The molecule has 3 aromatic rings. The molecule has 4 rings (SSSR count). The van der Waals surface area contributed by atoms with Gasteiger partial charge in [0, 0.05) is 29.5 Å². The zero-order chi connectivity index (χ0) is 23.4. The van der Waals surface area contributed by atoms with Crippen molar-refractivity contribution in [3.63, 3.8) is 0 Å². The average molecular weight is 532 g/mol. The van der Waals surface area contributed by atoms with E-state index >= 15 is 0 Å². The Balaban J connectivity index is 1.65. The molecule has 176 valence electrons. The molecular formula is C26H31BrN2O3S. The van der Waals surface area contributed by atoms with E-state index in [1.165, 1.54) is 24.8 Å². The first kappa shape index (κ1) is 24.0. The Bertz CT molecular complexity index is 1190. The number of nitrogens with one attached hydrogen (secondary N) is 1. The minimum atomic E-state index is -3.34. The highest BCUT2D eigenvalue weighted by atomic mass is 79.9. The van der Waals surface area contributed by atoms with E-state index in [0.717, 1.165) is 36.5 Å². The van der Waals surface area contributed by atoms with Crippen LogP contribution in [0.3, 0.4) is 0 Å². The van der Waals surface area contributed by atoms with E-state index < -0.39 is 9.84 Å². The van der Waals surface area contributed by atoms with E-state index in [1.54, 1.807) is 26.2 Å². The summed E-state index contributed by atoms with van der Waals surface area (Å²) in [7, 11) is -1.74. The molecule has 7 heteroatoms. The number of benzene rings is 2. The maximum Gasteiger partial charge on any atom is 0.178 e. The zero-order valence-corrected chi connectivity index (χ0v) is 21.6. The molecular weight excluding hydrogens is 500 g/mol. The summed E-state index contributed by atoms with van der Waals surface area (Å²) in [5.74, 6) is 0.673. The summed E-state index contributed by atoms with van der Waals surface area (Å²) in [5.41, 5.74) is 4.06. The number of halogens is 1. The van der Waals surface area contributed by atoms with Gasteiger partial charge in [-0.2, -0.15) is 0 Å². The Morgan fingerprint density at radius 3 is 2.61 bits per heavy atom. The summed E-state index contributed by atoms with van der Waals surface area (Å²) in [6, 6.07) is 18.6. The van der Waals surface area contributed by atoms with Crippen LogP contribution in [0.5, 0.6) is 5.75 Å². The number of H-pyrrole nitrogens is 1. The number of aromatic nitrogens is 1. The Morgan fingerprint density at radius 1 is 1.09 bits per heavy atom. The Morgan fingerprint density at radius 2 is 1.88 bits per heavy atom. The lowest BCUT2D eigenvalue weighted by Crippen LogP contribution is -2.28. The van der Waals surface area contributed by atoms with Crippen molar-refractivity contribution >= 4 is 25.8 Å². The molecule has 33 heavy (non-hydrogen) atoms. The van der Waals surface area contributed by atoms with Crippen molar-refractivity contribution in [2.24, 2.45) is 0 Å². The number of nitrogens with zero attached hydrogens (tertiary/aromatic N) is 1. The van der Waals surface area contributed by atoms with Gasteiger partial charge in [-0.3, -0.25) is 4.90 Å². The zero-order valence-electron chi connectivity index (χ0n) is 19.2. The SMILES string of the molecule is CCS(=O)(=O)c1cc(Br)c(OC)c(-c2ccc(CN3CCCCC[C@@H]3c3ccccc3)[nH]2)c1. The maximum atomic E-state index is 12.5. The molecule has 2 heterocycles. The monoisotopic (exact) mass is 530 g/mol. The maximum absolute atomic E-state index is 12.5. The number of hydrogen-bond acceptors (Lipinski definition) is 4. The van der Waals surface area contributed by atoms with Crippen LogP contribution in [-0.2, 0) is 16.4 Å². The van der Waals surface area contributed by atoms with Crippen LogP contribution >= 0.6 is 15.9 Å². The van der Waals surface area contributed by atoms with Crippen LogP contribution in [-0.4, -0.2) is 37.7 Å². The fourth-order valence-corrected chi connectivity index (χ4v) is 6.34. The van der Waals surface area contributed by atoms with Crippen LogP contribution in [0.2, 0.25) is 0 Å². The van der Waals surface area contributed by atoms with Crippen LogP contribution in [0.1, 0.15) is 49.9 Å². The van der Waals surface area contributed by atoms with Crippen molar-refractivity contribution < 1.29 is 13.2 Å². The second kappa shape index (κ2) is 10.5. The highest BCUT2D eigenvalue weighted by Gasteiger charge is 2.24. The van der Waals surface area contributed by atoms with Gasteiger partial charge in [-0.05, 0) is 65.1 Å². The van der Waals surface area contributed by atoms with Gasteiger partial charge in [-0.1, -0.05) is 50.1 Å². The molecule has 2 aromatic carbocycles. The first-order valence-corrected chi connectivity index (χ1v) is 13.9. The molecule has 1 aliphatic rings. The van der Waals surface area contributed by atoms with Gasteiger partial charge in [0.05, 0.1) is 22.2 Å². The molecule has 0 amide bonds. The van der Waals surface area contributed by atoms with Crippen LogP contribution in [0.4, 0.5) is 0 Å². The summed E-state index contributed by atoms with van der Waals surface area (Å²) in [6.07, 6.45) is 4.87. The number of aromatic amines is 1. The molecule has 0 radical (unpaired) electrons. The first-order valence-electron chi connectivity index (χ1n) is 11.5. The van der Waals surface area contributed by atoms with Crippen LogP contribution in [0, 0.1) is 0 Å². The van der Waals surface area contributed by atoms with Gasteiger partial charge in [0.1, 0.15) is 5.75 Å². The topological polar surface area (TPSA) is 62.4 Å². The number of rotatable bonds is 7. The normalized spacial score (nSPS) is 17.6. The molecule has 0 saturated carbocycles. The summed E-state index contributed by atoms with van der Waals surface area (Å²) in [6.45, 7) is 3.53. The quantitative estimate of drug-likeness (QED) is 0.385. The first-order chi connectivity index (χ1) is 15.9. The lowest BCUT2D eigenvalue weighted by molar-refractivity contribution is 0.190. The van der Waals surface area contributed by atoms with Crippen molar-refractivity contribution in [2.75, 3.05) is 19.4 Å². The van der Waals surface area contributed by atoms with Gasteiger partial charge in [0.15, 0.2) is 9.84 Å². The summed E-state index contributed by atoms with van der Waals surface area (Å²) in [5, 5.41) is 0. The van der Waals surface area contributed by atoms with E-state index in [0.29, 0.717) is 21.2 Å². The molecule has 1 N–H and O–H groups in total. The minimum absolute atomic E-state index is 0.0526. The Kier molecular flexibility index (Phi) is 7.62. The second-order valence-corrected chi connectivity index (χ2v) is 11.7. The number of methoxy groups -OCH3 is 1. The van der Waals surface area contributed by atoms with Crippen molar-refractivity contribution in [3.05, 3.63) is 70.3 Å². The highest BCUT2D eigenvalue weighted by Crippen LogP contribution is 2.39. The van der Waals surface area contributed by atoms with Gasteiger partial charge in [-0.25, -0.2) is 8.42 Å². The molecule has 0 bridgehead atoms. The van der Waals surface area contributed by atoms with E-state index in [1.807, 2.05) is 6.07 Å². The molecule has 1 fully saturated rings. The molecule has 5 nitrogen and oxygen atoms in total. The molecule has 1 saturated heterocycles. The average Bonchev–Trinajstić information content (AvgIpc) is 3.16. The summed E-state index contributed by atoms with van der Waals surface area (Å²) in [4.78, 5) is 6.38. The van der Waals surface area contributed by atoms with Crippen LogP contribution < -0.4 is 4.74 Å². The summed E-state index contributed by atoms with van der Waals surface area (Å²) < 4.78 is 31.3. The van der Waals surface area contributed by atoms with E-state index in [4.69, 9.17) is 4.74 Å². The predicted molar refractivity (Wildman–Crippen MR) is 136 cm³/mol. The van der Waals surface area contributed by atoms with Crippen LogP contribution in [0.25, 0.3) is 11.3 Å². The third kappa shape index (κ3) is 5.36. The smallest absolute Gasteiger partial charge is 0.178 e. The lowest BCUT2D eigenvalue weighted by atomic mass is 10.0. The van der Waals surface area contributed by atoms with Crippen LogP contribution in [0.15, 0.2) is 64.0 Å². The standard InChI is InChI=1S/C26H31BrN2O3S/c1-3-33(30,31)21-16-22(26(32-2)23(27)17-21)24-14-13-20(28-24)18-29-15-9-5-8-12-25(29)19-10-6-4-7-11-19/h4,6-7,10-11,13-14,16-17,25,28H,3,5,8-9,12,15,18H2,1-2H3/t25-/m1/s1. The fraction of sp³-hybridized carbons (Fsp3) is 0.385. The van der Waals surface area contributed by atoms with Gasteiger partial charge >= 0.3 is 0 Å². The van der Waals surface area contributed by atoms with Gasteiger partial charge in [-0.15, -0.1) is 0 Å².